The van der Waals surface area contributed by atoms with Crippen molar-refractivity contribution < 1.29 is 22.8 Å². The number of benzene rings is 2. The molecule has 0 bridgehead atoms. The lowest BCUT2D eigenvalue weighted by atomic mass is 10.1. The number of hydrogen-bond acceptors (Lipinski definition) is 3. The molecule has 2 amide bonds. The van der Waals surface area contributed by atoms with Crippen LogP contribution in [0.3, 0.4) is 0 Å². The van der Waals surface area contributed by atoms with Crippen molar-refractivity contribution in [2.24, 2.45) is 0 Å². The Labute approximate surface area is 156 Å². The summed E-state index contributed by atoms with van der Waals surface area (Å²) in [7, 11) is 0. The average Bonchev–Trinajstić information content (AvgIpc) is 3.02. The lowest BCUT2D eigenvalue weighted by Gasteiger charge is -2.08. The normalized spacial score (nSPS) is 11.4. The van der Waals surface area contributed by atoms with E-state index < -0.39 is 17.3 Å². The molecular formula is C18H14F3N3O2S. The first-order chi connectivity index (χ1) is 12.8. The molecule has 1 aromatic heterocycles. The van der Waals surface area contributed by atoms with E-state index in [1.54, 1.807) is 6.20 Å². The summed E-state index contributed by atoms with van der Waals surface area (Å²) in [6, 6.07) is 12.4. The minimum Gasteiger partial charge on any atom is -0.361 e. The number of hydrazine groups is 1. The molecule has 0 saturated heterocycles. The van der Waals surface area contributed by atoms with Gasteiger partial charge in [-0.05, 0) is 47.7 Å². The molecule has 3 aromatic rings. The zero-order valence-corrected chi connectivity index (χ0v) is 14.6. The van der Waals surface area contributed by atoms with Crippen molar-refractivity contribution in [1.82, 2.24) is 15.8 Å². The molecule has 0 unspecified atom stereocenters. The molecule has 0 fully saturated rings. The summed E-state index contributed by atoms with van der Waals surface area (Å²) in [6.45, 7) is 0. The summed E-state index contributed by atoms with van der Waals surface area (Å²) >= 11 is -0.262. The van der Waals surface area contributed by atoms with E-state index in [1.165, 1.54) is 24.3 Å². The molecule has 0 atom stereocenters. The van der Waals surface area contributed by atoms with Crippen molar-refractivity contribution in [3.63, 3.8) is 0 Å². The third-order valence-electron chi connectivity index (χ3n) is 3.69. The van der Waals surface area contributed by atoms with E-state index in [0.29, 0.717) is 0 Å². The van der Waals surface area contributed by atoms with Crippen molar-refractivity contribution in [2.75, 3.05) is 0 Å². The second-order valence-electron chi connectivity index (χ2n) is 5.61. The molecule has 0 aliphatic rings. The first kappa shape index (κ1) is 18.8. The molecule has 27 heavy (non-hydrogen) atoms. The van der Waals surface area contributed by atoms with Crippen LogP contribution in [0.5, 0.6) is 0 Å². The van der Waals surface area contributed by atoms with Gasteiger partial charge in [0.25, 0.3) is 5.91 Å². The van der Waals surface area contributed by atoms with Gasteiger partial charge in [0.2, 0.25) is 5.91 Å². The van der Waals surface area contributed by atoms with Crippen LogP contribution in [0.4, 0.5) is 13.2 Å². The summed E-state index contributed by atoms with van der Waals surface area (Å²) in [6.07, 6.45) is 1.79. The number of aromatic nitrogens is 1. The Bertz CT molecular complexity index is 968. The van der Waals surface area contributed by atoms with Gasteiger partial charge in [-0.2, -0.15) is 13.2 Å². The van der Waals surface area contributed by atoms with Gasteiger partial charge in [-0.1, -0.05) is 18.2 Å². The van der Waals surface area contributed by atoms with Crippen LogP contribution in [0.1, 0.15) is 15.9 Å². The fourth-order valence-electron chi connectivity index (χ4n) is 2.50. The third kappa shape index (κ3) is 5.04. The van der Waals surface area contributed by atoms with E-state index in [-0.39, 0.29) is 28.6 Å². The number of halogens is 3. The summed E-state index contributed by atoms with van der Waals surface area (Å²) in [4.78, 5) is 27.1. The Morgan fingerprint density at radius 1 is 1.00 bits per heavy atom. The quantitative estimate of drug-likeness (QED) is 0.467. The maximum Gasteiger partial charge on any atom is 0.446 e. The first-order valence-electron chi connectivity index (χ1n) is 7.82. The van der Waals surface area contributed by atoms with Gasteiger partial charge in [-0.15, -0.1) is 0 Å². The summed E-state index contributed by atoms with van der Waals surface area (Å²) in [5.74, 6) is -1.04. The molecule has 2 aromatic carbocycles. The number of para-hydroxylation sites is 1. The molecule has 0 aliphatic heterocycles. The van der Waals surface area contributed by atoms with Gasteiger partial charge in [0, 0.05) is 27.6 Å². The van der Waals surface area contributed by atoms with Crippen LogP contribution in [0.2, 0.25) is 0 Å². The van der Waals surface area contributed by atoms with Crippen LogP contribution in [0.15, 0.2) is 59.6 Å². The van der Waals surface area contributed by atoms with E-state index in [0.717, 1.165) is 16.5 Å². The van der Waals surface area contributed by atoms with Crippen LogP contribution in [0.25, 0.3) is 10.9 Å². The highest BCUT2D eigenvalue weighted by Gasteiger charge is 2.29. The van der Waals surface area contributed by atoms with Gasteiger partial charge >= 0.3 is 5.51 Å². The molecule has 0 aliphatic carbocycles. The molecule has 1 heterocycles. The summed E-state index contributed by atoms with van der Waals surface area (Å²) < 4.78 is 36.9. The molecule has 0 radical (unpaired) electrons. The number of amides is 2. The Hall–Kier alpha value is -2.94. The van der Waals surface area contributed by atoms with Crippen LogP contribution < -0.4 is 10.9 Å². The Morgan fingerprint density at radius 3 is 2.41 bits per heavy atom. The predicted octanol–water partition coefficient (Wildman–Crippen LogP) is 3.78. The summed E-state index contributed by atoms with van der Waals surface area (Å²) in [5, 5.41) is 0.914. The van der Waals surface area contributed by atoms with Gasteiger partial charge in [0.05, 0.1) is 6.42 Å². The van der Waals surface area contributed by atoms with E-state index in [2.05, 4.69) is 15.8 Å². The van der Waals surface area contributed by atoms with E-state index >= 15 is 0 Å². The third-order valence-corrected chi connectivity index (χ3v) is 4.43. The van der Waals surface area contributed by atoms with Crippen LogP contribution in [-0.2, 0) is 11.2 Å². The lowest BCUT2D eigenvalue weighted by Crippen LogP contribution is -2.42. The highest BCUT2D eigenvalue weighted by molar-refractivity contribution is 8.00. The van der Waals surface area contributed by atoms with Gasteiger partial charge < -0.3 is 4.98 Å². The SMILES string of the molecule is O=C(Cc1c[nH]c2ccccc12)NNC(=O)c1ccc(SC(F)(F)F)cc1. The highest BCUT2D eigenvalue weighted by atomic mass is 32.2. The largest absolute Gasteiger partial charge is 0.446 e. The number of carbonyl (C=O) groups is 2. The molecule has 3 N–H and O–H groups in total. The number of thioether (sulfide) groups is 1. The number of carbonyl (C=O) groups excluding carboxylic acids is 2. The lowest BCUT2D eigenvalue weighted by molar-refractivity contribution is -0.121. The van der Waals surface area contributed by atoms with Crippen LogP contribution in [-0.4, -0.2) is 22.3 Å². The molecule has 0 saturated carbocycles. The van der Waals surface area contributed by atoms with Crippen LogP contribution >= 0.6 is 11.8 Å². The molecule has 0 spiro atoms. The van der Waals surface area contributed by atoms with Crippen molar-refractivity contribution in [3.8, 4) is 0 Å². The van der Waals surface area contributed by atoms with E-state index in [4.69, 9.17) is 0 Å². The number of nitrogens with one attached hydrogen (secondary N) is 3. The second kappa shape index (κ2) is 7.75. The van der Waals surface area contributed by atoms with Crippen LogP contribution in [0, 0.1) is 0 Å². The van der Waals surface area contributed by atoms with Gasteiger partial charge in [0.1, 0.15) is 0 Å². The molecule has 9 heteroatoms. The number of aromatic amines is 1. The maximum atomic E-state index is 12.3. The minimum absolute atomic E-state index is 0.0255. The van der Waals surface area contributed by atoms with E-state index in [9.17, 15) is 22.8 Å². The zero-order valence-electron chi connectivity index (χ0n) is 13.8. The predicted molar refractivity (Wildman–Crippen MR) is 96.0 cm³/mol. The smallest absolute Gasteiger partial charge is 0.361 e. The molecule has 5 nitrogen and oxygen atoms in total. The van der Waals surface area contributed by atoms with Crippen molar-refractivity contribution in [2.45, 2.75) is 16.8 Å². The van der Waals surface area contributed by atoms with Crippen molar-refractivity contribution in [3.05, 3.63) is 65.9 Å². The van der Waals surface area contributed by atoms with E-state index in [1.807, 2.05) is 24.3 Å². The maximum absolute atomic E-state index is 12.3. The topological polar surface area (TPSA) is 74.0 Å². The minimum atomic E-state index is -4.39. The number of fused-ring (bicyclic) bond motifs is 1. The van der Waals surface area contributed by atoms with Crippen molar-refractivity contribution >= 4 is 34.5 Å². The van der Waals surface area contributed by atoms with Crippen molar-refractivity contribution in [1.29, 1.82) is 0 Å². The highest BCUT2D eigenvalue weighted by Crippen LogP contribution is 2.36. The van der Waals surface area contributed by atoms with Gasteiger partial charge in [-0.25, -0.2) is 0 Å². The monoisotopic (exact) mass is 393 g/mol. The average molecular weight is 393 g/mol. The standard InChI is InChI=1S/C18H14F3N3O2S/c19-18(20,21)27-13-7-5-11(6-8-13)17(26)24-23-16(25)9-12-10-22-15-4-2-1-3-14(12)15/h1-8,10,22H,9H2,(H,23,25)(H,24,26). The Kier molecular flexibility index (Phi) is 5.41. The molecular weight excluding hydrogens is 379 g/mol. The molecule has 3 rings (SSSR count). The number of H-pyrrole nitrogens is 1. The zero-order chi connectivity index (χ0) is 19.4. The Balaban J connectivity index is 1.54. The van der Waals surface area contributed by atoms with Gasteiger partial charge in [0.15, 0.2) is 0 Å². The second-order valence-corrected chi connectivity index (χ2v) is 6.75. The number of hydrogen-bond donors (Lipinski definition) is 3. The molecule has 140 valence electrons. The first-order valence-corrected chi connectivity index (χ1v) is 8.63. The fraction of sp³-hybridized carbons (Fsp3) is 0.111. The number of rotatable bonds is 4. The van der Waals surface area contributed by atoms with Gasteiger partial charge in [-0.3, -0.25) is 20.4 Å². The fourth-order valence-corrected chi connectivity index (χ4v) is 3.04. The summed E-state index contributed by atoms with van der Waals surface area (Å²) in [5.41, 5.74) is 1.98. The number of alkyl halides is 3. The Morgan fingerprint density at radius 2 is 1.70 bits per heavy atom.